The van der Waals surface area contributed by atoms with Crippen LogP contribution < -0.4 is 5.32 Å². The van der Waals surface area contributed by atoms with Crippen LogP contribution in [0.15, 0.2) is 0 Å². The van der Waals surface area contributed by atoms with Gasteiger partial charge in [-0.2, -0.15) is 0 Å². The number of hydrogen-bond donors (Lipinski definition) is 2. The van der Waals surface area contributed by atoms with Gasteiger partial charge in [-0.1, -0.05) is 26.2 Å². The summed E-state index contributed by atoms with van der Waals surface area (Å²) in [5, 5.41) is 13.7. The zero-order chi connectivity index (χ0) is 17.1. The maximum atomic E-state index is 11.9. The number of β-amino-alcohol motifs (C(OH)–C–C–N with tert-alkyl or cyclic N) is 1. The number of nitrogens with one attached hydrogen (secondary N) is 1. The first-order valence-corrected chi connectivity index (χ1v) is 9.11. The number of likely N-dealkylation sites (tertiary alicyclic amines) is 1. The molecule has 1 heterocycles. The minimum Gasteiger partial charge on any atom is -0.444 e. The molecule has 5 heteroatoms. The lowest BCUT2D eigenvalue weighted by molar-refractivity contribution is -0.0367. The first-order valence-electron chi connectivity index (χ1n) is 9.11. The van der Waals surface area contributed by atoms with Gasteiger partial charge >= 0.3 is 6.09 Å². The summed E-state index contributed by atoms with van der Waals surface area (Å²) in [4.78, 5) is 14.3. The number of nitrogens with zero attached hydrogens (tertiary/aromatic N) is 1. The largest absolute Gasteiger partial charge is 0.444 e. The van der Waals surface area contributed by atoms with Crippen molar-refractivity contribution in [1.82, 2.24) is 10.2 Å². The average molecular weight is 326 g/mol. The molecule has 2 aliphatic rings. The Kier molecular flexibility index (Phi) is 5.95. The molecule has 0 spiro atoms. The summed E-state index contributed by atoms with van der Waals surface area (Å²) in [6.45, 7) is 10.4. The van der Waals surface area contributed by atoms with Gasteiger partial charge in [0.1, 0.15) is 5.60 Å². The minimum atomic E-state index is -0.497. The van der Waals surface area contributed by atoms with E-state index in [-0.39, 0.29) is 12.1 Å². The van der Waals surface area contributed by atoms with Crippen LogP contribution in [-0.4, -0.2) is 53.0 Å². The summed E-state index contributed by atoms with van der Waals surface area (Å²) in [6.07, 6.45) is 5.98. The van der Waals surface area contributed by atoms with E-state index in [4.69, 9.17) is 4.74 Å². The maximum Gasteiger partial charge on any atom is 0.407 e. The molecule has 2 atom stereocenters. The highest BCUT2D eigenvalue weighted by Crippen LogP contribution is 2.30. The molecule has 1 aliphatic carbocycles. The second-order valence-corrected chi connectivity index (χ2v) is 8.54. The van der Waals surface area contributed by atoms with Crippen molar-refractivity contribution in [2.24, 2.45) is 5.92 Å². The topological polar surface area (TPSA) is 61.8 Å². The molecular formula is C18H34N2O3. The molecule has 0 bridgehead atoms. The van der Waals surface area contributed by atoms with Crippen molar-refractivity contribution in [3.05, 3.63) is 0 Å². The second-order valence-electron chi connectivity index (χ2n) is 8.54. The lowest BCUT2D eigenvalue weighted by atomic mass is 9.83. The Bertz CT molecular complexity index is 400. The number of carbonyl (C=O) groups is 1. The van der Waals surface area contributed by atoms with Crippen LogP contribution in [0.1, 0.15) is 66.2 Å². The summed E-state index contributed by atoms with van der Waals surface area (Å²) in [7, 11) is 0. The summed E-state index contributed by atoms with van der Waals surface area (Å²) in [5.74, 6) is 0.364. The first kappa shape index (κ1) is 18.5. The Balaban J connectivity index is 1.79. The molecule has 1 aliphatic heterocycles. The molecule has 0 aromatic carbocycles. The van der Waals surface area contributed by atoms with Crippen LogP contribution in [0.3, 0.4) is 0 Å². The highest BCUT2D eigenvalue weighted by molar-refractivity contribution is 5.68. The number of ether oxygens (including phenoxy) is 1. The maximum absolute atomic E-state index is 11.9. The van der Waals surface area contributed by atoms with Gasteiger partial charge in [-0.05, 0) is 46.0 Å². The molecule has 2 rings (SSSR count). The van der Waals surface area contributed by atoms with E-state index in [0.29, 0.717) is 5.92 Å². The van der Waals surface area contributed by atoms with Gasteiger partial charge in [0, 0.05) is 25.7 Å². The van der Waals surface area contributed by atoms with Crippen LogP contribution in [0.4, 0.5) is 4.79 Å². The molecule has 0 radical (unpaired) electrons. The van der Waals surface area contributed by atoms with Gasteiger partial charge in [-0.15, -0.1) is 0 Å². The quantitative estimate of drug-likeness (QED) is 0.837. The van der Waals surface area contributed by atoms with E-state index in [0.717, 1.165) is 51.7 Å². The SMILES string of the molecule is C[C@@H]1CN(CC2(O)CCCCC2)CC[C@@H]1NC(=O)OC(C)(C)C. The Labute approximate surface area is 140 Å². The smallest absolute Gasteiger partial charge is 0.407 e. The number of amides is 1. The monoisotopic (exact) mass is 326 g/mol. The van der Waals surface area contributed by atoms with E-state index < -0.39 is 11.2 Å². The summed E-state index contributed by atoms with van der Waals surface area (Å²) < 4.78 is 5.35. The fourth-order valence-corrected chi connectivity index (χ4v) is 3.83. The highest BCUT2D eigenvalue weighted by atomic mass is 16.6. The van der Waals surface area contributed by atoms with Gasteiger partial charge in [0.2, 0.25) is 0 Å². The fourth-order valence-electron chi connectivity index (χ4n) is 3.83. The van der Waals surface area contributed by atoms with E-state index in [1.54, 1.807) is 0 Å². The molecule has 5 nitrogen and oxygen atoms in total. The predicted octanol–water partition coefficient (Wildman–Crippen LogP) is 2.92. The van der Waals surface area contributed by atoms with E-state index in [9.17, 15) is 9.90 Å². The lowest BCUT2D eigenvalue weighted by Gasteiger charge is -2.42. The van der Waals surface area contributed by atoms with Crippen LogP contribution >= 0.6 is 0 Å². The zero-order valence-corrected chi connectivity index (χ0v) is 15.2. The normalized spacial score (nSPS) is 29.1. The second kappa shape index (κ2) is 7.39. The Morgan fingerprint density at radius 3 is 2.52 bits per heavy atom. The standard InChI is InChI=1S/C18H34N2O3/c1-14-12-20(13-18(22)9-6-5-7-10-18)11-8-15(14)19-16(21)23-17(2,3)4/h14-15,22H,5-13H2,1-4H3,(H,19,21)/t14-,15+/m1/s1. The number of piperidine rings is 1. The van der Waals surface area contributed by atoms with Crippen molar-refractivity contribution < 1.29 is 14.6 Å². The van der Waals surface area contributed by atoms with Crippen molar-refractivity contribution >= 4 is 6.09 Å². The molecular weight excluding hydrogens is 292 g/mol. The molecule has 1 saturated heterocycles. The molecule has 2 N–H and O–H groups in total. The van der Waals surface area contributed by atoms with Crippen LogP contribution in [0.2, 0.25) is 0 Å². The van der Waals surface area contributed by atoms with Crippen molar-refractivity contribution in [3.8, 4) is 0 Å². The number of rotatable bonds is 3. The lowest BCUT2D eigenvalue weighted by Crippen LogP contribution is -2.54. The zero-order valence-electron chi connectivity index (χ0n) is 15.2. The first-order chi connectivity index (χ1) is 10.7. The predicted molar refractivity (Wildman–Crippen MR) is 91.4 cm³/mol. The summed E-state index contributed by atoms with van der Waals surface area (Å²) >= 11 is 0. The van der Waals surface area contributed by atoms with Crippen molar-refractivity contribution in [2.75, 3.05) is 19.6 Å². The highest BCUT2D eigenvalue weighted by Gasteiger charge is 2.35. The van der Waals surface area contributed by atoms with Crippen LogP contribution in [-0.2, 0) is 4.74 Å². The summed E-state index contributed by atoms with van der Waals surface area (Å²) in [5.41, 5.74) is -0.957. The van der Waals surface area contributed by atoms with Crippen LogP contribution in [0.5, 0.6) is 0 Å². The molecule has 23 heavy (non-hydrogen) atoms. The summed E-state index contributed by atoms with van der Waals surface area (Å²) in [6, 6.07) is 0.155. The van der Waals surface area contributed by atoms with Gasteiger partial charge in [0.15, 0.2) is 0 Å². The van der Waals surface area contributed by atoms with Crippen molar-refractivity contribution in [3.63, 3.8) is 0 Å². The third-order valence-electron chi connectivity index (χ3n) is 4.99. The molecule has 0 unspecified atom stereocenters. The number of carbonyl (C=O) groups excluding carboxylic acids is 1. The average Bonchev–Trinajstić information content (AvgIpc) is 2.40. The van der Waals surface area contributed by atoms with Gasteiger partial charge < -0.3 is 20.1 Å². The van der Waals surface area contributed by atoms with E-state index in [1.807, 2.05) is 20.8 Å². The van der Waals surface area contributed by atoms with Crippen LogP contribution in [0, 0.1) is 5.92 Å². The molecule has 1 saturated carbocycles. The van der Waals surface area contributed by atoms with Crippen LogP contribution in [0.25, 0.3) is 0 Å². The Morgan fingerprint density at radius 1 is 1.30 bits per heavy atom. The molecule has 1 amide bonds. The molecule has 134 valence electrons. The van der Waals surface area contributed by atoms with Crippen molar-refractivity contribution in [1.29, 1.82) is 0 Å². The van der Waals surface area contributed by atoms with E-state index >= 15 is 0 Å². The third kappa shape index (κ3) is 5.96. The Morgan fingerprint density at radius 2 is 1.96 bits per heavy atom. The van der Waals surface area contributed by atoms with E-state index in [1.165, 1.54) is 6.42 Å². The number of aliphatic hydroxyl groups is 1. The van der Waals surface area contributed by atoms with E-state index in [2.05, 4.69) is 17.1 Å². The minimum absolute atomic E-state index is 0.155. The van der Waals surface area contributed by atoms with Gasteiger partial charge in [0.05, 0.1) is 5.60 Å². The van der Waals surface area contributed by atoms with Gasteiger partial charge in [0.25, 0.3) is 0 Å². The van der Waals surface area contributed by atoms with Gasteiger partial charge in [-0.3, -0.25) is 0 Å². The number of hydrogen-bond acceptors (Lipinski definition) is 4. The fraction of sp³-hybridized carbons (Fsp3) is 0.944. The van der Waals surface area contributed by atoms with Crippen molar-refractivity contribution in [2.45, 2.75) is 83.5 Å². The Hall–Kier alpha value is -0.810. The third-order valence-corrected chi connectivity index (χ3v) is 4.99. The molecule has 0 aromatic rings. The van der Waals surface area contributed by atoms with Gasteiger partial charge in [-0.25, -0.2) is 4.79 Å². The number of alkyl carbamates (subject to hydrolysis) is 1. The molecule has 0 aromatic heterocycles. The molecule has 2 fully saturated rings.